The number of rotatable bonds is 5. The molecule has 1 amide bonds. The van der Waals surface area contributed by atoms with Crippen LogP contribution in [-0.2, 0) is 4.79 Å². The Morgan fingerprint density at radius 2 is 1.73 bits per heavy atom. The predicted octanol–water partition coefficient (Wildman–Crippen LogP) is 3.81. The van der Waals surface area contributed by atoms with Gasteiger partial charge in [-0.3, -0.25) is 4.79 Å². The third-order valence-electron chi connectivity index (χ3n) is 7.02. The van der Waals surface area contributed by atoms with Crippen LogP contribution in [0.25, 0.3) is 0 Å². The van der Waals surface area contributed by atoms with E-state index in [0.29, 0.717) is 32.0 Å². The summed E-state index contributed by atoms with van der Waals surface area (Å²) in [5.74, 6) is -2.39. The number of carbonyl (C=O) groups is 1. The molecular weight excluding hydrogens is 501 g/mol. The van der Waals surface area contributed by atoms with Crippen LogP contribution in [0.2, 0.25) is 0 Å². The van der Waals surface area contributed by atoms with E-state index in [2.05, 4.69) is 25.0 Å². The third kappa shape index (κ3) is 5.77. The Morgan fingerprint density at radius 3 is 2.35 bits per heavy atom. The molecule has 2 aromatic rings. The number of alkyl halides is 5. The largest absolute Gasteiger partial charge is 0.573 e. The topological polar surface area (TPSA) is 86.7 Å². The van der Waals surface area contributed by atoms with Crippen molar-refractivity contribution in [3.05, 3.63) is 24.4 Å². The van der Waals surface area contributed by atoms with E-state index in [0.717, 1.165) is 31.2 Å². The van der Waals surface area contributed by atoms with Crippen LogP contribution in [0.1, 0.15) is 26.2 Å². The van der Waals surface area contributed by atoms with Gasteiger partial charge in [0.15, 0.2) is 0 Å². The number of halogens is 5. The summed E-state index contributed by atoms with van der Waals surface area (Å²) in [6.07, 6.45) is -2.30. The molecule has 0 unspecified atom stereocenters. The second-order valence-corrected chi connectivity index (χ2v) is 9.85. The lowest BCUT2D eigenvalue weighted by molar-refractivity contribution is -0.274. The van der Waals surface area contributed by atoms with Crippen molar-refractivity contribution in [2.45, 2.75) is 38.5 Å². The molecule has 0 radical (unpaired) electrons. The fraction of sp³-hybridized carbons (Fsp3) is 0.565. The van der Waals surface area contributed by atoms with Crippen molar-refractivity contribution in [2.24, 2.45) is 5.41 Å². The van der Waals surface area contributed by atoms with Gasteiger partial charge in [0, 0.05) is 69.8 Å². The van der Waals surface area contributed by atoms with Crippen LogP contribution in [0, 0.1) is 5.41 Å². The maximum atomic E-state index is 13.9. The normalized spacial score (nSPS) is 20.6. The van der Waals surface area contributed by atoms with E-state index in [4.69, 9.17) is 0 Å². The highest BCUT2D eigenvalue weighted by Crippen LogP contribution is 2.43. The van der Waals surface area contributed by atoms with E-state index >= 15 is 0 Å². The highest BCUT2D eigenvalue weighted by molar-refractivity contribution is 5.73. The van der Waals surface area contributed by atoms with Crippen molar-refractivity contribution in [1.29, 1.82) is 0 Å². The Bertz CT molecular complexity index is 1160. The Kier molecular flexibility index (Phi) is 6.23. The first kappa shape index (κ1) is 25.2. The first-order valence-corrected chi connectivity index (χ1v) is 11.9. The van der Waals surface area contributed by atoms with Gasteiger partial charge < -0.3 is 24.8 Å². The molecule has 5 rings (SSSR count). The smallest absolute Gasteiger partial charge is 0.406 e. The number of carbonyl (C=O) groups excluding carboxylic acids is 1. The fourth-order valence-corrected chi connectivity index (χ4v) is 5.04. The maximum absolute atomic E-state index is 13.9. The summed E-state index contributed by atoms with van der Waals surface area (Å²) in [6, 6.07) is 3.76. The Hall–Kier alpha value is -3.45. The van der Waals surface area contributed by atoms with Gasteiger partial charge in [-0.2, -0.15) is 9.97 Å². The average molecular weight is 527 g/mol. The number of amides is 1. The average Bonchev–Trinajstić information content (AvgIpc) is 3.16. The highest BCUT2D eigenvalue weighted by Gasteiger charge is 2.46. The summed E-state index contributed by atoms with van der Waals surface area (Å²) in [5, 5.41) is 2.85. The number of aromatic nitrogens is 3. The zero-order valence-corrected chi connectivity index (χ0v) is 20.1. The minimum Gasteiger partial charge on any atom is -0.406 e. The van der Waals surface area contributed by atoms with Crippen LogP contribution in [0.5, 0.6) is 5.75 Å². The molecule has 200 valence electrons. The van der Waals surface area contributed by atoms with Gasteiger partial charge in [0.25, 0.3) is 5.92 Å². The van der Waals surface area contributed by atoms with E-state index in [9.17, 15) is 26.7 Å². The lowest BCUT2D eigenvalue weighted by Gasteiger charge is -2.54. The number of nitrogens with zero attached hydrogens (tertiary/aromatic N) is 6. The monoisotopic (exact) mass is 527 g/mol. The number of piperidine rings is 1. The molecule has 0 aromatic carbocycles. The van der Waals surface area contributed by atoms with E-state index in [1.54, 1.807) is 13.0 Å². The van der Waals surface area contributed by atoms with Crippen LogP contribution >= 0.6 is 0 Å². The number of hydrogen-bond donors (Lipinski definition) is 1. The van der Waals surface area contributed by atoms with Gasteiger partial charge in [-0.05, 0) is 18.9 Å². The van der Waals surface area contributed by atoms with Crippen molar-refractivity contribution in [2.75, 3.05) is 54.4 Å². The fourth-order valence-electron chi connectivity index (χ4n) is 5.04. The van der Waals surface area contributed by atoms with Crippen molar-refractivity contribution in [1.82, 2.24) is 19.9 Å². The zero-order valence-electron chi connectivity index (χ0n) is 20.1. The number of ether oxygens (including phenoxy) is 1. The molecule has 3 aliphatic heterocycles. The minimum atomic E-state index is -4.86. The van der Waals surface area contributed by atoms with E-state index in [1.807, 2.05) is 9.80 Å². The summed E-state index contributed by atoms with van der Waals surface area (Å²) < 4.78 is 69.6. The van der Waals surface area contributed by atoms with Gasteiger partial charge >= 0.3 is 6.36 Å². The van der Waals surface area contributed by atoms with Crippen LogP contribution < -0.4 is 19.9 Å². The third-order valence-corrected chi connectivity index (χ3v) is 7.02. The Labute approximate surface area is 209 Å². The highest BCUT2D eigenvalue weighted by atomic mass is 19.4. The van der Waals surface area contributed by atoms with Gasteiger partial charge in [0.2, 0.25) is 11.9 Å². The summed E-state index contributed by atoms with van der Waals surface area (Å²) in [7, 11) is 0. The molecule has 0 bridgehead atoms. The van der Waals surface area contributed by atoms with Crippen LogP contribution in [0.15, 0.2) is 24.4 Å². The SMILES string of the molecule is CC(=O)N1CCC2(CC1)CN(c1cc(Nc3cc(OC(F)(F)F)ccn3)nc(N3CCC(F)(F)C3)n1)C2. The number of hydrogen-bond acceptors (Lipinski definition) is 8. The zero-order chi connectivity index (χ0) is 26.4. The quantitative estimate of drug-likeness (QED) is 0.588. The summed E-state index contributed by atoms with van der Waals surface area (Å²) in [4.78, 5) is 29.8. The Balaban J connectivity index is 1.36. The lowest BCUT2D eigenvalue weighted by Crippen LogP contribution is -2.61. The Morgan fingerprint density at radius 1 is 1.00 bits per heavy atom. The molecule has 37 heavy (non-hydrogen) atoms. The molecule has 1 N–H and O–H groups in total. The molecule has 2 aromatic heterocycles. The van der Waals surface area contributed by atoms with Gasteiger partial charge in [-0.25, -0.2) is 13.8 Å². The maximum Gasteiger partial charge on any atom is 0.573 e. The van der Waals surface area contributed by atoms with Crippen molar-refractivity contribution in [3.8, 4) is 5.75 Å². The van der Waals surface area contributed by atoms with Crippen molar-refractivity contribution >= 4 is 29.3 Å². The molecular formula is C23H26F5N7O2. The second-order valence-electron chi connectivity index (χ2n) is 9.85. The molecule has 0 atom stereocenters. The molecule has 14 heteroatoms. The van der Waals surface area contributed by atoms with Gasteiger partial charge in [-0.15, -0.1) is 13.2 Å². The molecule has 3 saturated heterocycles. The van der Waals surface area contributed by atoms with Crippen molar-refractivity contribution < 1.29 is 31.5 Å². The molecule has 1 spiro atoms. The summed E-state index contributed by atoms with van der Waals surface area (Å²) in [5.41, 5.74) is 0.0517. The van der Waals surface area contributed by atoms with Crippen LogP contribution in [-0.4, -0.2) is 77.3 Å². The second kappa shape index (κ2) is 9.14. The van der Waals surface area contributed by atoms with Gasteiger partial charge in [0.1, 0.15) is 23.2 Å². The van der Waals surface area contributed by atoms with E-state index in [1.165, 1.54) is 4.90 Å². The van der Waals surface area contributed by atoms with Gasteiger partial charge in [-0.1, -0.05) is 0 Å². The molecule has 0 saturated carbocycles. The standard InChI is InChI=1S/C23H26F5N7O2/c1-15(36)33-7-3-21(4-8-33)12-35(13-21)19-11-18(31-20(32-19)34-9-5-22(24,25)14-34)30-17-10-16(2-6-29-17)37-23(26,27)28/h2,6,10-11H,3-5,7-9,12-14H2,1H3,(H,29,30,31,32). The number of nitrogens with one attached hydrogen (secondary N) is 1. The van der Waals surface area contributed by atoms with Crippen LogP contribution in [0.3, 0.4) is 0 Å². The first-order chi connectivity index (χ1) is 17.4. The molecule has 9 nitrogen and oxygen atoms in total. The first-order valence-electron chi connectivity index (χ1n) is 11.9. The van der Waals surface area contributed by atoms with Gasteiger partial charge in [0.05, 0.1) is 6.54 Å². The number of pyridine rings is 1. The molecule has 3 fully saturated rings. The van der Waals surface area contributed by atoms with E-state index < -0.39 is 24.6 Å². The minimum absolute atomic E-state index is 0.0424. The molecule has 0 aliphatic carbocycles. The van der Waals surface area contributed by atoms with Crippen molar-refractivity contribution in [3.63, 3.8) is 0 Å². The lowest BCUT2D eigenvalue weighted by atomic mass is 9.72. The summed E-state index contributed by atoms with van der Waals surface area (Å²) >= 11 is 0. The number of anilines is 4. The van der Waals surface area contributed by atoms with E-state index in [-0.39, 0.29) is 41.9 Å². The molecule has 3 aliphatic rings. The summed E-state index contributed by atoms with van der Waals surface area (Å²) in [6.45, 7) is 3.88. The molecule has 5 heterocycles. The predicted molar refractivity (Wildman–Crippen MR) is 124 cm³/mol. The number of likely N-dealkylation sites (tertiary alicyclic amines) is 1. The van der Waals surface area contributed by atoms with Crippen LogP contribution in [0.4, 0.5) is 45.4 Å².